The number of rotatable bonds is 6. The second kappa shape index (κ2) is 7.24. The van der Waals surface area contributed by atoms with Gasteiger partial charge in [0.25, 0.3) is 5.69 Å². The molecule has 2 N–H and O–H groups in total. The second-order valence-corrected chi connectivity index (χ2v) is 5.75. The number of nitro groups is 1. The normalized spacial score (nSPS) is 12.2. The van der Waals surface area contributed by atoms with Crippen LogP contribution in [0.4, 0.5) is 11.4 Å². The third kappa shape index (κ3) is 3.96. The van der Waals surface area contributed by atoms with Gasteiger partial charge in [0.05, 0.1) is 36.3 Å². The third-order valence-electron chi connectivity index (χ3n) is 3.56. The van der Waals surface area contributed by atoms with Crippen molar-refractivity contribution >= 4 is 23.0 Å². The van der Waals surface area contributed by atoms with Crippen LogP contribution >= 0.6 is 11.6 Å². The molecular weight excluding hydrogens is 302 g/mol. The van der Waals surface area contributed by atoms with Crippen LogP contribution < -0.4 is 10.2 Å². The predicted octanol–water partition coefficient (Wildman–Crippen LogP) is 2.55. The van der Waals surface area contributed by atoms with E-state index in [1.807, 2.05) is 18.2 Å². The molecule has 2 aromatic rings. The first-order valence-corrected chi connectivity index (χ1v) is 7.39. The zero-order valence-electron chi connectivity index (χ0n) is 12.5. The Morgan fingerprint density at radius 2 is 1.91 bits per heavy atom. The van der Waals surface area contributed by atoms with Crippen LogP contribution in [0.15, 0.2) is 48.5 Å². The largest absolute Gasteiger partial charge is 0.378 e. The summed E-state index contributed by atoms with van der Waals surface area (Å²) in [6.45, 7) is 0.684. The van der Waals surface area contributed by atoms with Gasteiger partial charge < -0.3 is 10.2 Å². The molecule has 0 fully saturated rings. The van der Waals surface area contributed by atoms with Gasteiger partial charge in [-0.1, -0.05) is 41.9 Å². The van der Waals surface area contributed by atoms with E-state index in [0.717, 1.165) is 0 Å². The van der Waals surface area contributed by atoms with Gasteiger partial charge in [0.2, 0.25) is 0 Å². The SMILES string of the molecule is C[NH+](C)[C@@H](CNc1ccc([N+](=O)[O-])cc1Cl)c1ccccc1. The van der Waals surface area contributed by atoms with Gasteiger partial charge >= 0.3 is 0 Å². The molecule has 5 nitrogen and oxygen atoms in total. The first-order valence-electron chi connectivity index (χ1n) is 7.02. The zero-order chi connectivity index (χ0) is 16.1. The minimum atomic E-state index is -0.452. The lowest BCUT2D eigenvalue weighted by Crippen LogP contribution is -3.06. The third-order valence-corrected chi connectivity index (χ3v) is 3.87. The van der Waals surface area contributed by atoms with Crippen molar-refractivity contribution in [3.8, 4) is 0 Å². The van der Waals surface area contributed by atoms with Crippen molar-refractivity contribution in [3.05, 3.63) is 69.2 Å². The molecule has 0 spiro atoms. The van der Waals surface area contributed by atoms with Crippen LogP contribution in [-0.2, 0) is 0 Å². The Kier molecular flexibility index (Phi) is 5.35. The van der Waals surface area contributed by atoms with Crippen LogP contribution in [0.2, 0.25) is 5.02 Å². The van der Waals surface area contributed by atoms with Crippen molar-refractivity contribution in [2.24, 2.45) is 0 Å². The van der Waals surface area contributed by atoms with Gasteiger partial charge in [-0.05, 0) is 6.07 Å². The van der Waals surface area contributed by atoms with E-state index in [9.17, 15) is 10.1 Å². The number of nitrogens with one attached hydrogen (secondary N) is 2. The standard InChI is InChI=1S/C16H18ClN3O2/c1-19(2)16(12-6-4-3-5-7-12)11-18-15-9-8-13(20(21)22)10-14(15)17/h3-10,16,18H,11H2,1-2H3/p+1/t16-/m0/s1. The molecular formula is C16H19ClN3O2+. The number of nitrogens with zero attached hydrogens (tertiary/aromatic N) is 1. The fraction of sp³-hybridized carbons (Fsp3) is 0.250. The fourth-order valence-electron chi connectivity index (χ4n) is 2.31. The predicted molar refractivity (Wildman–Crippen MR) is 88.6 cm³/mol. The highest BCUT2D eigenvalue weighted by atomic mass is 35.5. The number of hydrogen-bond acceptors (Lipinski definition) is 3. The second-order valence-electron chi connectivity index (χ2n) is 5.34. The number of quaternary nitrogens is 1. The lowest BCUT2D eigenvalue weighted by molar-refractivity contribution is -0.890. The summed E-state index contributed by atoms with van der Waals surface area (Å²) in [6.07, 6.45) is 0. The minimum Gasteiger partial charge on any atom is -0.378 e. The molecule has 0 unspecified atom stereocenters. The Balaban J connectivity index is 2.12. The summed E-state index contributed by atoms with van der Waals surface area (Å²) < 4.78 is 0. The van der Waals surface area contributed by atoms with Gasteiger partial charge in [-0.15, -0.1) is 0 Å². The van der Waals surface area contributed by atoms with E-state index in [1.165, 1.54) is 22.6 Å². The molecule has 0 aliphatic heterocycles. The number of non-ortho nitro benzene ring substituents is 1. The smallest absolute Gasteiger partial charge is 0.271 e. The summed E-state index contributed by atoms with van der Waals surface area (Å²) in [6, 6.07) is 14.9. The molecule has 116 valence electrons. The zero-order valence-corrected chi connectivity index (χ0v) is 13.3. The molecule has 0 bridgehead atoms. The molecule has 0 saturated heterocycles. The number of hydrogen-bond donors (Lipinski definition) is 2. The molecule has 2 aromatic carbocycles. The first kappa shape index (κ1) is 16.3. The Hall–Kier alpha value is -2.11. The van der Waals surface area contributed by atoms with E-state index in [1.54, 1.807) is 6.07 Å². The summed E-state index contributed by atoms with van der Waals surface area (Å²) >= 11 is 6.11. The summed E-state index contributed by atoms with van der Waals surface area (Å²) in [5.74, 6) is 0. The molecule has 6 heteroatoms. The van der Waals surface area contributed by atoms with Crippen LogP contribution in [-0.4, -0.2) is 25.6 Å². The van der Waals surface area contributed by atoms with Gasteiger partial charge in [-0.25, -0.2) is 0 Å². The van der Waals surface area contributed by atoms with Gasteiger partial charge in [-0.2, -0.15) is 0 Å². The number of benzene rings is 2. The average molecular weight is 321 g/mol. The van der Waals surface area contributed by atoms with E-state index >= 15 is 0 Å². The fourth-order valence-corrected chi connectivity index (χ4v) is 2.56. The van der Waals surface area contributed by atoms with Crippen molar-refractivity contribution in [2.75, 3.05) is 26.0 Å². The van der Waals surface area contributed by atoms with Crippen LogP contribution in [0.5, 0.6) is 0 Å². The van der Waals surface area contributed by atoms with E-state index in [4.69, 9.17) is 11.6 Å². The highest BCUT2D eigenvalue weighted by Crippen LogP contribution is 2.27. The highest BCUT2D eigenvalue weighted by molar-refractivity contribution is 6.33. The highest BCUT2D eigenvalue weighted by Gasteiger charge is 2.18. The van der Waals surface area contributed by atoms with Gasteiger partial charge in [0.15, 0.2) is 0 Å². The van der Waals surface area contributed by atoms with Crippen molar-refractivity contribution < 1.29 is 9.82 Å². The molecule has 0 amide bonds. The molecule has 0 saturated carbocycles. The minimum absolute atomic E-state index is 0.00612. The molecule has 2 rings (SSSR count). The maximum atomic E-state index is 10.7. The Morgan fingerprint density at radius 3 is 2.45 bits per heavy atom. The Bertz CT molecular complexity index is 647. The first-order chi connectivity index (χ1) is 10.5. The maximum Gasteiger partial charge on any atom is 0.271 e. The molecule has 0 aliphatic rings. The van der Waals surface area contributed by atoms with Crippen LogP contribution in [0, 0.1) is 10.1 Å². The van der Waals surface area contributed by atoms with Crippen LogP contribution in [0.3, 0.4) is 0 Å². The summed E-state index contributed by atoms with van der Waals surface area (Å²) in [5, 5.41) is 14.4. The van der Waals surface area contributed by atoms with E-state index in [2.05, 4.69) is 31.5 Å². The summed E-state index contributed by atoms with van der Waals surface area (Å²) in [5.41, 5.74) is 1.93. The molecule has 0 aromatic heterocycles. The van der Waals surface area contributed by atoms with Crippen LogP contribution in [0.25, 0.3) is 0 Å². The maximum absolute atomic E-state index is 10.7. The summed E-state index contributed by atoms with van der Waals surface area (Å²) in [7, 11) is 4.19. The van der Waals surface area contributed by atoms with Crippen molar-refractivity contribution in [3.63, 3.8) is 0 Å². The molecule has 0 radical (unpaired) electrons. The molecule has 1 atom stereocenters. The topological polar surface area (TPSA) is 59.6 Å². The van der Waals surface area contributed by atoms with Crippen molar-refractivity contribution in [1.82, 2.24) is 0 Å². The van der Waals surface area contributed by atoms with Gasteiger partial charge in [0.1, 0.15) is 6.04 Å². The van der Waals surface area contributed by atoms with Crippen LogP contribution in [0.1, 0.15) is 11.6 Å². The molecule has 22 heavy (non-hydrogen) atoms. The van der Waals surface area contributed by atoms with Crippen molar-refractivity contribution in [2.45, 2.75) is 6.04 Å². The van der Waals surface area contributed by atoms with Crippen molar-refractivity contribution in [1.29, 1.82) is 0 Å². The molecule has 0 heterocycles. The lowest BCUT2D eigenvalue weighted by Gasteiger charge is -2.23. The number of likely N-dealkylation sites (N-methyl/N-ethyl adjacent to an activating group) is 1. The van der Waals surface area contributed by atoms with E-state index in [-0.39, 0.29) is 11.7 Å². The Labute approximate surface area is 134 Å². The molecule has 0 aliphatic carbocycles. The summed E-state index contributed by atoms with van der Waals surface area (Å²) in [4.78, 5) is 11.6. The van der Waals surface area contributed by atoms with Gasteiger partial charge in [-0.3, -0.25) is 10.1 Å². The quantitative estimate of drug-likeness (QED) is 0.635. The number of anilines is 1. The van der Waals surface area contributed by atoms with Gasteiger partial charge in [0, 0.05) is 17.7 Å². The lowest BCUT2D eigenvalue weighted by atomic mass is 10.1. The number of nitro benzene ring substituents is 1. The van der Waals surface area contributed by atoms with E-state index in [0.29, 0.717) is 17.3 Å². The van der Waals surface area contributed by atoms with E-state index < -0.39 is 4.92 Å². The number of halogens is 1. The Morgan fingerprint density at radius 1 is 1.23 bits per heavy atom. The monoisotopic (exact) mass is 320 g/mol. The average Bonchev–Trinajstić information content (AvgIpc) is 2.49.